The minimum Gasteiger partial charge on any atom is -0.465 e. The molecule has 0 saturated heterocycles. The Labute approximate surface area is 161 Å². The van der Waals surface area contributed by atoms with Gasteiger partial charge in [-0.1, -0.05) is 41.1 Å². The smallest absolute Gasteiger partial charge is 0.337 e. The maximum absolute atomic E-state index is 12.6. The van der Waals surface area contributed by atoms with Gasteiger partial charge in [0.25, 0.3) is 5.91 Å². The van der Waals surface area contributed by atoms with Crippen molar-refractivity contribution in [1.29, 1.82) is 0 Å². The molecule has 8 heteroatoms. The van der Waals surface area contributed by atoms with E-state index in [0.29, 0.717) is 26.1 Å². The van der Waals surface area contributed by atoms with Crippen LogP contribution in [0, 0.1) is 0 Å². The van der Waals surface area contributed by atoms with Crippen molar-refractivity contribution in [3.63, 3.8) is 0 Å². The molecule has 0 fully saturated rings. The summed E-state index contributed by atoms with van der Waals surface area (Å²) in [6.07, 6.45) is 0. The second kappa shape index (κ2) is 6.68. The highest BCUT2D eigenvalue weighted by Crippen LogP contribution is 2.36. The molecule has 0 aliphatic rings. The molecule has 2 aromatic carbocycles. The number of ether oxygens (including phenoxy) is 1. The van der Waals surface area contributed by atoms with Crippen molar-refractivity contribution in [3.8, 4) is 0 Å². The molecular formula is C18H11ClN2O3S2. The molecule has 26 heavy (non-hydrogen) atoms. The average molecular weight is 403 g/mol. The molecule has 0 bridgehead atoms. The Kier molecular flexibility index (Phi) is 4.36. The van der Waals surface area contributed by atoms with Crippen LogP contribution in [0.5, 0.6) is 0 Å². The summed E-state index contributed by atoms with van der Waals surface area (Å²) in [4.78, 5) is 29.1. The Morgan fingerprint density at radius 3 is 2.69 bits per heavy atom. The molecule has 0 atom stereocenters. The number of benzene rings is 2. The maximum Gasteiger partial charge on any atom is 0.337 e. The van der Waals surface area contributed by atoms with E-state index in [2.05, 4.69) is 10.3 Å². The molecule has 130 valence electrons. The van der Waals surface area contributed by atoms with Gasteiger partial charge in [0.2, 0.25) is 0 Å². The van der Waals surface area contributed by atoms with E-state index >= 15 is 0 Å². The second-order valence-corrected chi connectivity index (χ2v) is 7.85. The molecule has 0 saturated carbocycles. The number of esters is 1. The fraction of sp³-hybridized carbons (Fsp3) is 0.0556. The molecule has 0 aliphatic heterocycles. The largest absolute Gasteiger partial charge is 0.465 e. The lowest BCUT2D eigenvalue weighted by Gasteiger charge is -1.98. The highest BCUT2D eigenvalue weighted by atomic mass is 35.5. The number of carbonyl (C=O) groups excluding carboxylic acids is 2. The van der Waals surface area contributed by atoms with Gasteiger partial charge >= 0.3 is 5.97 Å². The summed E-state index contributed by atoms with van der Waals surface area (Å²) in [7, 11) is 1.33. The van der Waals surface area contributed by atoms with Crippen molar-refractivity contribution >= 4 is 71.6 Å². The van der Waals surface area contributed by atoms with E-state index in [4.69, 9.17) is 16.3 Å². The zero-order valence-electron chi connectivity index (χ0n) is 13.4. The van der Waals surface area contributed by atoms with Crippen LogP contribution < -0.4 is 5.32 Å². The Hall–Kier alpha value is -2.48. The zero-order chi connectivity index (χ0) is 18.3. The Morgan fingerprint density at radius 1 is 1.12 bits per heavy atom. The summed E-state index contributed by atoms with van der Waals surface area (Å²) < 4.78 is 6.46. The van der Waals surface area contributed by atoms with Crippen molar-refractivity contribution in [3.05, 3.63) is 57.9 Å². The quantitative estimate of drug-likeness (QED) is 0.478. The van der Waals surface area contributed by atoms with Crippen molar-refractivity contribution in [2.45, 2.75) is 0 Å². The van der Waals surface area contributed by atoms with E-state index in [-0.39, 0.29) is 5.91 Å². The third-order valence-electron chi connectivity index (χ3n) is 3.77. The van der Waals surface area contributed by atoms with E-state index in [1.165, 1.54) is 29.8 Å². The molecule has 0 aliphatic carbocycles. The fourth-order valence-corrected chi connectivity index (χ4v) is 4.85. The van der Waals surface area contributed by atoms with Gasteiger partial charge in [-0.05, 0) is 24.3 Å². The van der Waals surface area contributed by atoms with E-state index < -0.39 is 5.97 Å². The number of fused-ring (bicyclic) bond motifs is 2. The van der Waals surface area contributed by atoms with Gasteiger partial charge in [-0.2, -0.15) is 0 Å². The van der Waals surface area contributed by atoms with Crippen LogP contribution in [0.1, 0.15) is 20.0 Å². The van der Waals surface area contributed by atoms with Crippen LogP contribution in [-0.4, -0.2) is 24.0 Å². The summed E-state index contributed by atoms with van der Waals surface area (Å²) in [5.41, 5.74) is 1.13. The van der Waals surface area contributed by atoms with E-state index in [1.807, 2.05) is 24.3 Å². The van der Waals surface area contributed by atoms with Gasteiger partial charge in [-0.25, -0.2) is 9.78 Å². The normalized spacial score (nSPS) is 11.0. The first-order valence-electron chi connectivity index (χ1n) is 7.54. The molecule has 4 aromatic rings. The summed E-state index contributed by atoms with van der Waals surface area (Å²) in [6, 6.07) is 12.7. The van der Waals surface area contributed by atoms with Gasteiger partial charge in [0, 0.05) is 10.1 Å². The number of nitrogens with zero attached hydrogens (tertiary/aromatic N) is 1. The highest BCUT2D eigenvalue weighted by Gasteiger charge is 2.18. The number of carbonyl (C=O) groups is 2. The van der Waals surface area contributed by atoms with Crippen LogP contribution in [0.3, 0.4) is 0 Å². The van der Waals surface area contributed by atoms with Gasteiger partial charge in [-0.3, -0.25) is 10.1 Å². The van der Waals surface area contributed by atoms with Crippen molar-refractivity contribution in [2.24, 2.45) is 0 Å². The van der Waals surface area contributed by atoms with Crippen molar-refractivity contribution in [2.75, 3.05) is 12.4 Å². The number of rotatable bonds is 3. The molecule has 2 aromatic heterocycles. The fourth-order valence-electron chi connectivity index (χ4n) is 2.54. The maximum atomic E-state index is 12.6. The molecule has 1 amide bonds. The predicted octanol–water partition coefficient (Wildman–Crippen LogP) is 5.20. The van der Waals surface area contributed by atoms with Gasteiger partial charge in [-0.15, -0.1) is 11.3 Å². The summed E-state index contributed by atoms with van der Waals surface area (Å²) in [5.74, 6) is -0.716. The molecule has 1 N–H and O–H groups in total. The van der Waals surface area contributed by atoms with Gasteiger partial charge in [0.05, 0.1) is 27.9 Å². The van der Waals surface area contributed by atoms with Crippen molar-refractivity contribution in [1.82, 2.24) is 4.98 Å². The minimum absolute atomic E-state index is 0.302. The number of anilines is 1. The number of hydrogen-bond acceptors (Lipinski definition) is 6. The van der Waals surface area contributed by atoms with Crippen molar-refractivity contribution < 1.29 is 14.3 Å². The molecule has 2 heterocycles. The van der Waals surface area contributed by atoms with E-state index in [9.17, 15) is 9.59 Å². The number of amides is 1. The lowest BCUT2D eigenvalue weighted by Crippen LogP contribution is -2.10. The number of methoxy groups -OCH3 is 1. The Balaban J connectivity index is 1.64. The summed E-state index contributed by atoms with van der Waals surface area (Å²) in [6.45, 7) is 0. The Bertz CT molecular complexity index is 1170. The van der Waals surface area contributed by atoms with Crippen LogP contribution >= 0.6 is 34.3 Å². The molecular weight excluding hydrogens is 392 g/mol. The van der Waals surface area contributed by atoms with Crippen LogP contribution in [0.2, 0.25) is 5.02 Å². The van der Waals surface area contributed by atoms with Gasteiger partial charge in [0.1, 0.15) is 4.88 Å². The molecule has 0 spiro atoms. The number of thiophene rings is 1. The zero-order valence-corrected chi connectivity index (χ0v) is 15.8. The van der Waals surface area contributed by atoms with Gasteiger partial charge < -0.3 is 4.74 Å². The molecule has 4 rings (SSSR count). The number of aromatic nitrogens is 1. The number of hydrogen-bond donors (Lipinski definition) is 1. The van der Waals surface area contributed by atoms with Crippen LogP contribution in [0.4, 0.5) is 5.13 Å². The summed E-state index contributed by atoms with van der Waals surface area (Å²) in [5, 5.41) is 4.53. The predicted molar refractivity (Wildman–Crippen MR) is 106 cm³/mol. The van der Waals surface area contributed by atoms with Crippen LogP contribution in [0.15, 0.2) is 42.5 Å². The first-order valence-corrected chi connectivity index (χ1v) is 9.55. The second-order valence-electron chi connectivity index (χ2n) is 5.39. The van der Waals surface area contributed by atoms with Crippen LogP contribution in [0.25, 0.3) is 20.3 Å². The SMILES string of the molecule is COC(=O)c1ccc2nc(NC(=O)c3sc4ccccc4c3Cl)sc2c1. The monoisotopic (exact) mass is 402 g/mol. The first-order chi connectivity index (χ1) is 12.6. The van der Waals surface area contributed by atoms with E-state index in [1.54, 1.807) is 18.2 Å². The lowest BCUT2D eigenvalue weighted by atomic mass is 10.2. The number of nitrogens with one attached hydrogen (secondary N) is 1. The van der Waals surface area contributed by atoms with Gasteiger partial charge in [0.15, 0.2) is 5.13 Å². The Morgan fingerprint density at radius 2 is 1.92 bits per heavy atom. The topological polar surface area (TPSA) is 68.3 Å². The third kappa shape index (κ3) is 2.94. The van der Waals surface area contributed by atoms with E-state index in [0.717, 1.165) is 14.8 Å². The number of thiazole rings is 1. The summed E-state index contributed by atoms with van der Waals surface area (Å²) >= 11 is 8.97. The standard InChI is InChI=1S/C18H11ClN2O3S2/c1-24-17(23)9-6-7-11-13(8-9)26-18(20-11)21-16(22)15-14(19)10-4-2-3-5-12(10)25-15/h2-8H,1H3,(H,20,21,22). The minimum atomic E-state index is -0.414. The third-order valence-corrected chi connectivity index (χ3v) is 6.38. The van der Waals surface area contributed by atoms with Crippen LogP contribution in [-0.2, 0) is 4.74 Å². The number of halogens is 1. The lowest BCUT2D eigenvalue weighted by molar-refractivity contribution is 0.0601. The molecule has 0 radical (unpaired) electrons. The average Bonchev–Trinajstić information content (AvgIpc) is 3.21. The molecule has 5 nitrogen and oxygen atoms in total. The highest BCUT2D eigenvalue weighted by molar-refractivity contribution is 7.23. The molecule has 0 unspecified atom stereocenters. The first kappa shape index (κ1) is 17.0.